The molecule has 0 amide bonds. The fraction of sp³-hybridized carbons (Fsp3) is 0.308. The molecule has 0 aliphatic heterocycles. The molecule has 0 saturated heterocycles. The van der Waals surface area contributed by atoms with Gasteiger partial charge in [0.25, 0.3) is 0 Å². The summed E-state index contributed by atoms with van der Waals surface area (Å²) in [6.07, 6.45) is 9.56. The second-order valence-corrected chi connectivity index (χ2v) is 5.28. The lowest BCUT2D eigenvalue weighted by Crippen LogP contribution is -2.16. The normalized spacial score (nSPS) is 14.7. The Morgan fingerprint density at radius 3 is 2.94 bits per heavy atom. The van der Waals surface area contributed by atoms with Gasteiger partial charge >= 0.3 is 0 Å². The Bertz CT molecular complexity index is 513. The lowest BCUT2D eigenvalue weighted by molar-refractivity contribution is 0.675. The summed E-state index contributed by atoms with van der Waals surface area (Å²) in [7, 11) is 0. The molecule has 0 atom stereocenters. The third-order valence-electron chi connectivity index (χ3n) is 2.75. The van der Waals surface area contributed by atoms with Crippen molar-refractivity contribution in [3.8, 4) is 0 Å². The van der Waals surface area contributed by atoms with E-state index in [-0.39, 0.29) is 0 Å². The zero-order valence-corrected chi connectivity index (χ0v) is 10.7. The van der Waals surface area contributed by atoms with Crippen molar-refractivity contribution in [1.29, 1.82) is 0 Å². The highest BCUT2D eigenvalue weighted by atomic mass is 32.2. The van der Waals surface area contributed by atoms with Crippen LogP contribution in [0.4, 0.5) is 0 Å². The van der Waals surface area contributed by atoms with Gasteiger partial charge in [-0.05, 0) is 36.2 Å². The Balaban J connectivity index is 1.73. The average Bonchev–Trinajstić information content (AvgIpc) is 3.23. The van der Waals surface area contributed by atoms with E-state index < -0.39 is 0 Å². The van der Waals surface area contributed by atoms with Crippen molar-refractivity contribution < 1.29 is 0 Å². The first kappa shape index (κ1) is 11.6. The first-order chi connectivity index (χ1) is 8.92. The molecular formula is C13H14N4S. The Labute approximate surface area is 110 Å². The molecule has 2 aromatic rings. The molecule has 0 spiro atoms. The van der Waals surface area contributed by atoms with Crippen LogP contribution in [0.1, 0.15) is 18.4 Å². The maximum Gasteiger partial charge on any atom is 0.121 e. The fourth-order valence-corrected chi connectivity index (χ4v) is 2.44. The predicted molar refractivity (Wildman–Crippen MR) is 70.3 cm³/mol. The smallest absolute Gasteiger partial charge is 0.121 e. The molecule has 0 unspecified atom stereocenters. The van der Waals surface area contributed by atoms with Crippen LogP contribution < -0.4 is 5.32 Å². The number of nitrogens with one attached hydrogen (secondary N) is 1. The lowest BCUT2D eigenvalue weighted by Gasteiger charge is -2.07. The van der Waals surface area contributed by atoms with Gasteiger partial charge in [0.2, 0.25) is 0 Å². The summed E-state index contributed by atoms with van der Waals surface area (Å²) in [6, 6.07) is 4.80. The zero-order chi connectivity index (χ0) is 12.2. The summed E-state index contributed by atoms with van der Waals surface area (Å²) in [5.74, 6) is 0. The summed E-state index contributed by atoms with van der Waals surface area (Å²) in [4.78, 5) is 12.8. The maximum absolute atomic E-state index is 4.43. The predicted octanol–water partition coefficient (Wildman–Crippen LogP) is 2.27. The highest BCUT2D eigenvalue weighted by molar-refractivity contribution is 7.99. The van der Waals surface area contributed by atoms with E-state index in [9.17, 15) is 0 Å². The summed E-state index contributed by atoms with van der Waals surface area (Å²) in [6.45, 7) is 0.876. The van der Waals surface area contributed by atoms with Gasteiger partial charge in [-0.15, -0.1) is 0 Å². The van der Waals surface area contributed by atoms with Gasteiger partial charge in [-0.3, -0.25) is 4.98 Å². The topological polar surface area (TPSA) is 50.7 Å². The van der Waals surface area contributed by atoms with E-state index in [0.29, 0.717) is 6.04 Å². The Kier molecular flexibility index (Phi) is 3.52. The van der Waals surface area contributed by atoms with Gasteiger partial charge in [-0.25, -0.2) is 9.97 Å². The molecule has 92 valence electrons. The second kappa shape index (κ2) is 5.46. The van der Waals surface area contributed by atoms with Gasteiger partial charge in [0.05, 0.1) is 6.20 Å². The van der Waals surface area contributed by atoms with E-state index in [1.54, 1.807) is 30.4 Å². The molecule has 0 radical (unpaired) electrons. The molecule has 18 heavy (non-hydrogen) atoms. The molecular weight excluding hydrogens is 244 g/mol. The van der Waals surface area contributed by atoms with Crippen LogP contribution in [0.25, 0.3) is 0 Å². The fourth-order valence-electron chi connectivity index (χ4n) is 1.63. The quantitative estimate of drug-likeness (QED) is 0.891. The monoisotopic (exact) mass is 258 g/mol. The third-order valence-corrected chi connectivity index (χ3v) is 3.73. The van der Waals surface area contributed by atoms with Gasteiger partial charge in [0.1, 0.15) is 10.1 Å². The van der Waals surface area contributed by atoms with Crippen LogP contribution in [0, 0.1) is 0 Å². The van der Waals surface area contributed by atoms with E-state index in [2.05, 4.69) is 26.3 Å². The van der Waals surface area contributed by atoms with Gasteiger partial charge in [-0.1, -0.05) is 6.07 Å². The van der Waals surface area contributed by atoms with E-state index in [0.717, 1.165) is 16.6 Å². The van der Waals surface area contributed by atoms with Crippen molar-refractivity contribution in [2.24, 2.45) is 0 Å². The van der Waals surface area contributed by atoms with Crippen LogP contribution in [-0.4, -0.2) is 21.0 Å². The van der Waals surface area contributed by atoms with Gasteiger partial charge in [0.15, 0.2) is 0 Å². The molecule has 0 bridgehead atoms. The first-order valence-electron chi connectivity index (χ1n) is 6.03. The standard InChI is InChI=1S/C13H14N4S/c1-2-10(8-17-11-3-4-11)13(16-5-1)18-12-9-14-6-7-15-12/h1-2,5-7,9,11,17H,3-4,8H2. The molecule has 1 fully saturated rings. The van der Waals surface area contributed by atoms with Crippen molar-refractivity contribution in [2.75, 3.05) is 0 Å². The number of hydrogen-bond acceptors (Lipinski definition) is 5. The maximum atomic E-state index is 4.43. The molecule has 0 aromatic carbocycles. The minimum atomic E-state index is 0.708. The van der Waals surface area contributed by atoms with Gasteiger partial charge < -0.3 is 5.32 Å². The van der Waals surface area contributed by atoms with Crippen LogP contribution >= 0.6 is 11.8 Å². The molecule has 1 aliphatic rings. The number of hydrogen-bond donors (Lipinski definition) is 1. The highest BCUT2D eigenvalue weighted by Gasteiger charge is 2.20. The summed E-state index contributed by atoms with van der Waals surface area (Å²) < 4.78 is 0. The average molecular weight is 258 g/mol. The minimum Gasteiger partial charge on any atom is -0.310 e. The minimum absolute atomic E-state index is 0.708. The SMILES string of the molecule is c1cnc(Sc2cnccn2)c(CNC2CC2)c1. The van der Waals surface area contributed by atoms with Gasteiger partial charge in [0, 0.05) is 31.2 Å². The second-order valence-electron chi connectivity index (χ2n) is 4.27. The van der Waals surface area contributed by atoms with Crippen LogP contribution in [0.15, 0.2) is 47.0 Å². The molecule has 1 N–H and O–H groups in total. The van der Waals surface area contributed by atoms with Crippen LogP contribution in [0.2, 0.25) is 0 Å². The summed E-state index contributed by atoms with van der Waals surface area (Å²) >= 11 is 1.56. The summed E-state index contributed by atoms with van der Waals surface area (Å²) in [5, 5.41) is 5.39. The van der Waals surface area contributed by atoms with E-state index in [1.807, 2.05) is 12.3 Å². The van der Waals surface area contributed by atoms with Crippen molar-refractivity contribution in [3.63, 3.8) is 0 Å². The third kappa shape index (κ3) is 3.05. The molecule has 5 heteroatoms. The van der Waals surface area contributed by atoms with Crippen molar-refractivity contribution >= 4 is 11.8 Å². The number of nitrogens with zero attached hydrogens (tertiary/aromatic N) is 3. The van der Waals surface area contributed by atoms with Crippen LogP contribution in [-0.2, 0) is 6.54 Å². The number of pyridine rings is 1. The van der Waals surface area contributed by atoms with E-state index in [1.165, 1.54) is 18.4 Å². The van der Waals surface area contributed by atoms with E-state index >= 15 is 0 Å². The molecule has 4 nitrogen and oxygen atoms in total. The zero-order valence-electron chi connectivity index (χ0n) is 9.91. The van der Waals surface area contributed by atoms with Crippen molar-refractivity contribution in [1.82, 2.24) is 20.3 Å². The Morgan fingerprint density at radius 2 is 2.17 bits per heavy atom. The van der Waals surface area contributed by atoms with Crippen molar-refractivity contribution in [3.05, 3.63) is 42.5 Å². The molecule has 2 aromatic heterocycles. The molecule has 1 saturated carbocycles. The highest BCUT2D eigenvalue weighted by Crippen LogP contribution is 2.27. The van der Waals surface area contributed by atoms with Gasteiger partial charge in [-0.2, -0.15) is 0 Å². The van der Waals surface area contributed by atoms with Crippen LogP contribution in [0.5, 0.6) is 0 Å². The van der Waals surface area contributed by atoms with E-state index in [4.69, 9.17) is 0 Å². The first-order valence-corrected chi connectivity index (χ1v) is 6.84. The Morgan fingerprint density at radius 1 is 1.22 bits per heavy atom. The lowest BCUT2D eigenvalue weighted by atomic mass is 10.3. The summed E-state index contributed by atoms with van der Waals surface area (Å²) in [5.41, 5.74) is 1.22. The molecule has 3 rings (SSSR count). The molecule has 2 heterocycles. The molecule has 1 aliphatic carbocycles. The number of aromatic nitrogens is 3. The number of rotatable bonds is 5. The van der Waals surface area contributed by atoms with Crippen LogP contribution in [0.3, 0.4) is 0 Å². The van der Waals surface area contributed by atoms with Crippen molar-refractivity contribution in [2.45, 2.75) is 35.5 Å². The largest absolute Gasteiger partial charge is 0.310 e. The Hall–Kier alpha value is -1.46.